The zero-order valence-corrected chi connectivity index (χ0v) is 13.3. The van der Waals surface area contributed by atoms with E-state index in [9.17, 15) is 14.0 Å². The van der Waals surface area contributed by atoms with Gasteiger partial charge in [0.25, 0.3) is 5.91 Å². The molecule has 2 N–H and O–H groups in total. The fraction of sp³-hybridized carbons (Fsp3) is 0.0625. The number of nitrogens with zero attached hydrogens (tertiary/aromatic N) is 2. The lowest BCUT2D eigenvalue weighted by Gasteiger charge is -2.06. The number of benzene rings is 1. The van der Waals surface area contributed by atoms with E-state index >= 15 is 0 Å². The van der Waals surface area contributed by atoms with E-state index in [0.29, 0.717) is 11.3 Å². The summed E-state index contributed by atoms with van der Waals surface area (Å²) in [6.07, 6.45) is 1.58. The summed E-state index contributed by atoms with van der Waals surface area (Å²) in [5, 5.41) is 17.6. The Balaban J connectivity index is 1.89. The highest BCUT2D eigenvalue weighted by atomic mass is 32.1. The second kappa shape index (κ2) is 6.25. The molecule has 0 aliphatic carbocycles. The second-order valence-corrected chi connectivity index (χ2v) is 5.94. The Kier molecular flexibility index (Phi) is 4.13. The number of carboxylic acids is 1. The number of thiophene rings is 1. The van der Waals surface area contributed by atoms with Gasteiger partial charge in [-0.15, -0.1) is 11.3 Å². The van der Waals surface area contributed by atoms with Crippen LogP contribution in [0, 0.1) is 5.82 Å². The molecule has 1 aromatic carbocycles. The van der Waals surface area contributed by atoms with Crippen molar-refractivity contribution in [2.24, 2.45) is 7.05 Å². The minimum atomic E-state index is -1.36. The summed E-state index contributed by atoms with van der Waals surface area (Å²) < 4.78 is 15.2. The van der Waals surface area contributed by atoms with Gasteiger partial charge >= 0.3 is 5.97 Å². The number of carbonyl (C=O) groups is 2. The van der Waals surface area contributed by atoms with Crippen LogP contribution in [0.1, 0.15) is 20.7 Å². The van der Waals surface area contributed by atoms with Crippen LogP contribution in [-0.4, -0.2) is 26.8 Å². The van der Waals surface area contributed by atoms with Crippen LogP contribution in [0.3, 0.4) is 0 Å². The van der Waals surface area contributed by atoms with E-state index in [4.69, 9.17) is 5.11 Å². The maximum atomic E-state index is 13.7. The molecule has 0 atom stereocenters. The van der Waals surface area contributed by atoms with Gasteiger partial charge in [-0.2, -0.15) is 5.10 Å². The Bertz CT molecular complexity index is 919. The molecular formula is C16H12FN3O3S. The zero-order chi connectivity index (χ0) is 17.3. The number of carboxylic acid groups (broad SMARTS) is 1. The Morgan fingerprint density at radius 2 is 2.08 bits per heavy atom. The third-order valence-corrected chi connectivity index (χ3v) is 4.16. The van der Waals surface area contributed by atoms with E-state index in [1.165, 1.54) is 22.1 Å². The number of nitrogens with one attached hydrogen (secondary N) is 1. The van der Waals surface area contributed by atoms with Crippen LogP contribution in [0.5, 0.6) is 0 Å². The monoisotopic (exact) mass is 345 g/mol. The number of aromatic carboxylic acids is 1. The van der Waals surface area contributed by atoms with E-state index in [0.717, 1.165) is 17.0 Å². The molecule has 0 unspecified atom stereocenters. The van der Waals surface area contributed by atoms with Crippen LogP contribution < -0.4 is 5.32 Å². The summed E-state index contributed by atoms with van der Waals surface area (Å²) >= 11 is 1.45. The van der Waals surface area contributed by atoms with E-state index in [1.807, 2.05) is 17.5 Å². The summed E-state index contributed by atoms with van der Waals surface area (Å²) in [6, 6.07) is 7.13. The maximum absolute atomic E-state index is 13.7. The molecule has 0 aliphatic rings. The lowest BCUT2D eigenvalue weighted by atomic mass is 10.1. The van der Waals surface area contributed by atoms with Crippen LogP contribution in [0.4, 0.5) is 10.1 Å². The van der Waals surface area contributed by atoms with Gasteiger partial charge in [0, 0.05) is 18.9 Å². The summed E-state index contributed by atoms with van der Waals surface area (Å²) in [7, 11) is 1.70. The molecule has 0 spiro atoms. The molecule has 0 fully saturated rings. The highest BCUT2D eigenvalue weighted by Crippen LogP contribution is 2.27. The first-order valence-electron chi connectivity index (χ1n) is 6.87. The maximum Gasteiger partial charge on any atom is 0.338 e. The van der Waals surface area contributed by atoms with Crippen LogP contribution in [0.15, 0.2) is 41.9 Å². The lowest BCUT2D eigenvalue weighted by molar-refractivity contribution is 0.0692. The highest BCUT2D eigenvalue weighted by molar-refractivity contribution is 7.13. The fourth-order valence-corrected chi connectivity index (χ4v) is 2.94. The van der Waals surface area contributed by atoms with Gasteiger partial charge in [-0.25, -0.2) is 9.18 Å². The first-order valence-corrected chi connectivity index (χ1v) is 7.75. The molecule has 24 heavy (non-hydrogen) atoms. The number of carbonyl (C=O) groups excluding carboxylic acids is 1. The predicted molar refractivity (Wildman–Crippen MR) is 87.8 cm³/mol. The molecule has 3 rings (SSSR count). The molecule has 0 aliphatic heterocycles. The largest absolute Gasteiger partial charge is 0.478 e. The van der Waals surface area contributed by atoms with E-state index < -0.39 is 23.3 Å². The summed E-state index contributed by atoms with van der Waals surface area (Å²) in [6.45, 7) is 0. The number of rotatable bonds is 4. The molecule has 1 amide bonds. The topological polar surface area (TPSA) is 84.2 Å². The SMILES string of the molecule is Cn1cc(C(=O)Nc2ccc(C(=O)O)c(F)c2)c(-c2cccs2)n1. The highest BCUT2D eigenvalue weighted by Gasteiger charge is 2.19. The Labute approximate surface area is 140 Å². The van der Waals surface area contributed by atoms with Crippen molar-refractivity contribution in [3.63, 3.8) is 0 Å². The number of hydrogen-bond acceptors (Lipinski definition) is 4. The van der Waals surface area contributed by atoms with Crippen molar-refractivity contribution in [3.05, 3.63) is 58.9 Å². The molecule has 122 valence electrons. The summed E-state index contributed by atoms with van der Waals surface area (Å²) in [5.41, 5.74) is 0.604. The Morgan fingerprint density at radius 3 is 2.71 bits per heavy atom. The molecule has 0 radical (unpaired) electrons. The normalized spacial score (nSPS) is 10.6. The molecular weight excluding hydrogens is 333 g/mol. The summed E-state index contributed by atoms with van der Waals surface area (Å²) in [5.74, 6) is -2.73. The minimum Gasteiger partial charge on any atom is -0.478 e. The number of anilines is 1. The van der Waals surface area contributed by atoms with Gasteiger partial charge < -0.3 is 10.4 Å². The van der Waals surface area contributed by atoms with Crippen LogP contribution in [0.2, 0.25) is 0 Å². The molecule has 2 heterocycles. The van der Waals surface area contributed by atoms with Crippen molar-refractivity contribution in [2.75, 3.05) is 5.32 Å². The van der Waals surface area contributed by atoms with Gasteiger partial charge in [0.1, 0.15) is 11.5 Å². The number of aryl methyl sites for hydroxylation is 1. The minimum absolute atomic E-state index is 0.170. The van der Waals surface area contributed by atoms with Crippen LogP contribution in [-0.2, 0) is 7.05 Å². The van der Waals surface area contributed by atoms with E-state index in [-0.39, 0.29) is 5.69 Å². The van der Waals surface area contributed by atoms with Crippen molar-refractivity contribution in [1.82, 2.24) is 9.78 Å². The van der Waals surface area contributed by atoms with Crippen molar-refractivity contribution >= 4 is 28.9 Å². The first kappa shape index (κ1) is 15.9. The third kappa shape index (κ3) is 3.04. The van der Waals surface area contributed by atoms with Crippen molar-refractivity contribution in [2.45, 2.75) is 0 Å². The number of amides is 1. The number of hydrogen-bond donors (Lipinski definition) is 2. The molecule has 0 bridgehead atoms. The molecule has 2 aromatic heterocycles. The van der Waals surface area contributed by atoms with Gasteiger partial charge in [-0.05, 0) is 29.6 Å². The average molecular weight is 345 g/mol. The lowest BCUT2D eigenvalue weighted by Crippen LogP contribution is -2.13. The van der Waals surface area contributed by atoms with Crippen LogP contribution >= 0.6 is 11.3 Å². The van der Waals surface area contributed by atoms with E-state index in [2.05, 4.69) is 10.4 Å². The third-order valence-electron chi connectivity index (χ3n) is 3.29. The Hall–Kier alpha value is -3.00. The molecule has 6 nitrogen and oxygen atoms in total. The van der Waals surface area contributed by atoms with Gasteiger partial charge in [0.05, 0.1) is 16.0 Å². The standard InChI is InChI=1S/C16H12FN3O3S/c1-20-8-11(14(19-20)13-3-2-6-24-13)15(21)18-9-4-5-10(16(22)23)12(17)7-9/h2-8H,1H3,(H,18,21)(H,22,23). The molecule has 3 aromatic rings. The number of halogens is 1. The molecule has 8 heteroatoms. The van der Waals surface area contributed by atoms with Crippen LogP contribution in [0.25, 0.3) is 10.6 Å². The van der Waals surface area contributed by atoms with Gasteiger partial charge in [0.2, 0.25) is 0 Å². The molecule has 0 saturated carbocycles. The smallest absolute Gasteiger partial charge is 0.338 e. The zero-order valence-electron chi connectivity index (χ0n) is 12.5. The quantitative estimate of drug-likeness (QED) is 0.760. The van der Waals surface area contributed by atoms with Gasteiger partial charge in [0.15, 0.2) is 0 Å². The van der Waals surface area contributed by atoms with Crippen molar-refractivity contribution in [1.29, 1.82) is 0 Å². The first-order chi connectivity index (χ1) is 11.5. The fourth-order valence-electron chi connectivity index (χ4n) is 2.21. The van der Waals surface area contributed by atoms with Crippen molar-refractivity contribution < 1.29 is 19.1 Å². The van der Waals surface area contributed by atoms with E-state index in [1.54, 1.807) is 13.2 Å². The number of aromatic nitrogens is 2. The predicted octanol–water partition coefficient (Wildman–Crippen LogP) is 3.24. The molecule has 0 saturated heterocycles. The summed E-state index contributed by atoms with van der Waals surface area (Å²) in [4.78, 5) is 24.1. The average Bonchev–Trinajstić information content (AvgIpc) is 3.15. The van der Waals surface area contributed by atoms with Gasteiger partial charge in [-0.3, -0.25) is 9.48 Å². The van der Waals surface area contributed by atoms with Crippen molar-refractivity contribution in [3.8, 4) is 10.6 Å². The van der Waals surface area contributed by atoms with Gasteiger partial charge in [-0.1, -0.05) is 6.07 Å². The Morgan fingerprint density at radius 1 is 1.29 bits per heavy atom. The second-order valence-electron chi connectivity index (χ2n) is 5.00.